The Morgan fingerprint density at radius 1 is 1.27 bits per heavy atom. The number of rotatable bonds is 2. The molecule has 1 unspecified atom stereocenters. The van der Waals surface area contributed by atoms with Gasteiger partial charge in [-0.25, -0.2) is 0 Å². The first-order valence-corrected chi connectivity index (χ1v) is 8.40. The molecular weight excluding hydrogens is 389 g/mol. The van der Waals surface area contributed by atoms with Gasteiger partial charge in [-0.15, -0.1) is 0 Å². The van der Waals surface area contributed by atoms with Gasteiger partial charge in [-0.2, -0.15) is 0 Å². The standard InChI is InChI=1S/C17H18IN3O/c1-13(22)21-9-8-20(16-6-2-5-15(18)10-16)12-17(21)14-4-3-7-19-11-14/h2-7,10-11,17H,8-9,12H2,1H3. The van der Waals surface area contributed by atoms with Crippen LogP contribution in [-0.2, 0) is 4.79 Å². The Kier molecular flexibility index (Phi) is 4.61. The first-order chi connectivity index (χ1) is 10.6. The molecule has 2 heterocycles. The highest BCUT2D eigenvalue weighted by atomic mass is 127. The number of amides is 1. The predicted octanol–water partition coefficient (Wildman–Crippen LogP) is 3.10. The predicted molar refractivity (Wildman–Crippen MR) is 95.7 cm³/mol. The number of hydrogen-bond donors (Lipinski definition) is 0. The molecule has 0 radical (unpaired) electrons. The molecule has 5 heteroatoms. The van der Waals surface area contributed by atoms with E-state index in [0.29, 0.717) is 0 Å². The molecule has 0 N–H and O–H groups in total. The van der Waals surface area contributed by atoms with Gasteiger partial charge in [-0.05, 0) is 52.4 Å². The van der Waals surface area contributed by atoms with Gasteiger partial charge in [0.1, 0.15) is 0 Å². The first kappa shape index (κ1) is 15.3. The summed E-state index contributed by atoms with van der Waals surface area (Å²) in [7, 11) is 0. The van der Waals surface area contributed by atoms with E-state index in [4.69, 9.17) is 0 Å². The van der Waals surface area contributed by atoms with Crippen molar-refractivity contribution < 1.29 is 4.79 Å². The number of carbonyl (C=O) groups is 1. The molecule has 0 bridgehead atoms. The zero-order chi connectivity index (χ0) is 15.5. The molecule has 1 aromatic carbocycles. The summed E-state index contributed by atoms with van der Waals surface area (Å²) in [4.78, 5) is 20.5. The molecule has 4 nitrogen and oxygen atoms in total. The van der Waals surface area contributed by atoms with E-state index >= 15 is 0 Å². The second kappa shape index (κ2) is 6.64. The second-order valence-corrected chi connectivity index (χ2v) is 6.69. The lowest BCUT2D eigenvalue weighted by Crippen LogP contribution is -2.50. The van der Waals surface area contributed by atoms with Crippen molar-refractivity contribution in [1.29, 1.82) is 0 Å². The number of carbonyl (C=O) groups excluding carboxylic acids is 1. The van der Waals surface area contributed by atoms with Gasteiger partial charge in [0, 0.05) is 48.2 Å². The van der Waals surface area contributed by atoms with Crippen molar-refractivity contribution in [3.63, 3.8) is 0 Å². The summed E-state index contributed by atoms with van der Waals surface area (Å²) in [6.45, 7) is 4.03. The van der Waals surface area contributed by atoms with E-state index in [2.05, 4.69) is 56.7 Å². The van der Waals surface area contributed by atoms with Crippen LogP contribution in [0.15, 0.2) is 48.8 Å². The SMILES string of the molecule is CC(=O)N1CCN(c2cccc(I)c2)CC1c1cccnc1. The highest BCUT2D eigenvalue weighted by Gasteiger charge is 2.30. The molecule has 0 spiro atoms. The van der Waals surface area contributed by atoms with E-state index in [9.17, 15) is 4.79 Å². The lowest BCUT2D eigenvalue weighted by Gasteiger charge is -2.42. The zero-order valence-corrected chi connectivity index (χ0v) is 14.6. The Morgan fingerprint density at radius 3 is 2.82 bits per heavy atom. The zero-order valence-electron chi connectivity index (χ0n) is 12.4. The molecule has 0 aliphatic carbocycles. The average Bonchev–Trinajstić information content (AvgIpc) is 2.55. The summed E-state index contributed by atoms with van der Waals surface area (Å²) in [5.41, 5.74) is 2.30. The maximum absolute atomic E-state index is 12.0. The van der Waals surface area contributed by atoms with Crippen LogP contribution < -0.4 is 4.90 Å². The number of aromatic nitrogens is 1. The fourth-order valence-corrected chi connectivity index (χ4v) is 3.45. The number of benzene rings is 1. The van der Waals surface area contributed by atoms with Crippen molar-refractivity contribution in [1.82, 2.24) is 9.88 Å². The number of piperazine rings is 1. The van der Waals surface area contributed by atoms with E-state index < -0.39 is 0 Å². The minimum atomic E-state index is 0.0535. The van der Waals surface area contributed by atoms with Crippen LogP contribution in [-0.4, -0.2) is 35.4 Å². The molecule has 1 amide bonds. The molecule has 1 atom stereocenters. The Labute approximate surface area is 144 Å². The van der Waals surface area contributed by atoms with Crippen LogP contribution >= 0.6 is 22.6 Å². The lowest BCUT2D eigenvalue weighted by atomic mass is 10.0. The highest BCUT2D eigenvalue weighted by Crippen LogP contribution is 2.28. The number of nitrogens with zero attached hydrogens (tertiary/aromatic N) is 3. The summed E-state index contributed by atoms with van der Waals surface area (Å²) < 4.78 is 1.22. The van der Waals surface area contributed by atoms with Gasteiger partial charge in [0.25, 0.3) is 0 Å². The molecule has 1 saturated heterocycles. The van der Waals surface area contributed by atoms with Gasteiger partial charge >= 0.3 is 0 Å². The molecule has 114 valence electrons. The van der Waals surface area contributed by atoms with Crippen LogP contribution in [0, 0.1) is 3.57 Å². The maximum atomic E-state index is 12.0. The van der Waals surface area contributed by atoms with E-state index in [1.54, 1.807) is 13.1 Å². The molecule has 0 saturated carbocycles. The molecule has 3 rings (SSSR count). The maximum Gasteiger partial charge on any atom is 0.220 e. The molecule has 1 fully saturated rings. The Bertz CT molecular complexity index is 662. The van der Waals surface area contributed by atoms with Crippen LogP contribution in [0.3, 0.4) is 0 Å². The van der Waals surface area contributed by atoms with Crippen LogP contribution in [0.5, 0.6) is 0 Å². The van der Waals surface area contributed by atoms with Crippen molar-refractivity contribution in [2.45, 2.75) is 13.0 Å². The Balaban J connectivity index is 1.88. The molecule has 1 aromatic heterocycles. The summed E-state index contributed by atoms with van der Waals surface area (Å²) in [5.74, 6) is 0.121. The lowest BCUT2D eigenvalue weighted by molar-refractivity contribution is -0.131. The Morgan fingerprint density at radius 2 is 2.14 bits per heavy atom. The Hall–Kier alpha value is -1.63. The third-order valence-corrected chi connectivity index (χ3v) is 4.70. The van der Waals surface area contributed by atoms with Crippen molar-refractivity contribution in [2.24, 2.45) is 0 Å². The summed E-state index contributed by atoms with van der Waals surface area (Å²) in [6.07, 6.45) is 3.63. The molecule has 1 aliphatic rings. The summed E-state index contributed by atoms with van der Waals surface area (Å²) in [6, 6.07) is 12.5. The minimum Gasteiger partial charge on any atom is -0.367 e. The first-order valence-electron chi connectivity index (χ1n) is 7.33. The summed E-state index contributed by atoms with van der Waals surface area (Å²) >= 11 is 2.33. The topological polar surface area (TPSA) is 36.4 Å². The normalized spacial score (nSPS) is 18.4. The van der Waals surface area contributed by atoms with Crippen LogP contribution in [0.4, 0.5) is 5.69 Å². The fourth-order valence-electron chi connectivity index (χ4n) is 2.93. The van der Waals surface area contributed by atoms with E-state index in [0.717, 1.165) is 25.2 Å². The van der Waals surface area contributed by atoms with Gasteiger partial charge < -0.3 is 9.80 Å². The van der Waals surface area contributed by atoms with Gasteiger partial charge in [0.15, 0.2) is 0 Å². The average molecular weight is 407 g/mol. The number of anilines is 1. The van der Waals surface area contributed by atoms with Crippen LogP contribution in [0.1, 0.15) is 18.5 Å². The van der Waals surface area contributed by atoms with E-state index in [-0.39, 0.29) is 11.9 Å². The van der Waals surface area contributed by atoms with E-state index in [1.807, 2.05) is 23.2 Å². The minimum absolute atomic E-state index is 0.0535. The number of hydrogen-bond acceptors (Lipinski definition) is 3. The monoisotopic (exact) mass is 407 g/mol. The second-order valence-electron chi connectivity index (χ2n) is 5.44. The molecular formula is C17H18IN3O. The number of halogens is 1. The largest absolute Gasteiger partial charge is 0.367 e. The smallest absolute Gasteiger partial charge is 0.220 e. The van der Waals surface area contributed by atoms with Gasteiger partial charge in [-0.3, -0.25) is 9.78 Å². The van der Waals surface area contributed by atoms with Gasteiger partial charge in [-0.1, -0.05) is 12.1 Å². The van der Waals surface area contributed by atoms with E-state index in [1.165, 1.54) is 9.26 Å². The van der Waals surface area contributed by atoms with Crippen molar-refractivity contribution in [3.05, 3.63) is 57.9 Å². The molecule has 1 aliphatic heterocycles. The quantitative estimate of drug-likeness (QED) is 0.719. The van der Waals surface area contributed by atoms with Crippen molar-refractivity contribution >= 4 is 34.2 Å². The third kappa shape index (κ3) is 3.24. The van der Waals surface area contributed by atoms with Crippen molar-refractivity contribution in [2.75, 3.05) is 24.5 Å². The van der Waals surface area contributed by atoms with Crippen LogP contribution in [0.25, 0.3) is 0 Å². The third-order valence-electron chi connectivity index (χ3n) is 4.03. The summed E-state index contributed by atoms with van der Waals surface area (Å²) in [5, 5.41) is 0. The molecule has 2 aromatic rings. The fraction of sp³-hybridized carbons (Fsp3) is 0.294. The van der Waals surface area contributed by atoms with Gasteiger partial charge in [0.05, 0.1) is 6.04 Å². The van der Waals surface area contributed by atoms with Crippen molar-refractivity contribution in [3.8, 4) is 0 Å². The van der Waals surface area contributed by atoms with Gasteiger partial charge in [0.2, 0.25) is 5.91 Å². The number of pyridine rings is 1. The highest BCUT2D eigenvalue weighted by molar-refractivity contribution is 14.1. The van der Waals surface area contributed by atoms with Crippen LogP contribution in [0.2, 0.25) is 0 Å². The molecule has 22 heavy (non-hydrogen) atoms.